The van der Waals surface area contributed by atoms with E-state index in [-0.39, 0.29) is 17.9 Å². The molecule has 0 spiro atoms. The first-order valence-corrected chi connectivity index (χ1v) is 10.9. The maximum atomic E-state index is 13.1. The van der Waals surface area contributed by atoms with Crippen LogP contribution in [0, 0.1) is 13.8 Å². The highest BCUT2D eigenvalue weighted by atomic mass is 16.2. The van der Waals surface area contributed by atoms with Gasteiger partial charge in [0.2, 0.25) is 0 Å². The number of pyridine rings is 1. The fraction of sp³-hybridized carbons (Fsp3) is 0.231. The molecule has 0 aliphatic rings. The van der Waals surface area contributed by atoms with Crippen molar-refractivity contribution in [3.8, 4) is 0 Å². The predicted molar refractivity (Wildman–Crippen MR) is 129 cm³/mol. The van der Waals surface area contributed by atoms with Gasteiger partial charge in [-0.2, -0.15) is 5.10 Å². The van der Waals surface area contributed by atoms with E-state index in [1.54, 1.807) is 43.5 Å². The van der Waals surface area contributed by atoms with Crippen LogP contribution in [0.3, 0.4) is 0 Å². The highest BCUT2D eigenvalue weighted by Gasteiger charge is 2.18. The summed E-state index contributed by atoms with van der Waals surface area (Å²) in [5.41, 5.74) is 4.81. The number of nitrogens with zero attached hydrogens (tertiary/aromatic N) is 3. The minimum atomic E-state index is -0.321. The van der Waals surface area contributed by atoms with Crippen molar-refractivity contribution in [1.29, 1.82) is 0 Å². The SMILES string of the molecule is Cc1ccc(CNC(=O)c2ccccc2NC(=O)c2cc3cnn(C(C)C)c3nc2C)cc1. The van der Waals surface area contributed by atoms with Gasteiger partial charge in [-0.25, -0.2) is 9.67 Å². The van der Waals surface area contributed by atoms with Crippen molar-refractivity contribution in [1.82, 2.24) is 20.1 Å². The molecular weight excluding hydrogens is 414 g/mol. The number of para-hydroxylation sites is 1. The maximum absolute atomic E-state index is 13.1. The van der Waals surface area contributed by atoms with Crippen LogP contribution in [0.15, 0.2) is 60.8 Å². The zero-order chi connectivity index (χ0) is 23.5. The average Bonchev–Trinajstić information content (AvgIpc) is 3.21. The molecule has 168 valence electrons. The van der Waals surface area contributed by atoms with Crippen LogP contribution in [-0.2, 0) is 6.54 Å². The van der Waals surface area contributed by atoms with Crippen LogP contribution in [0.4, 0.5) is 5.69 Å². The average molecular weight is 442 g/mol. The Morgan fingerprint density at radius 1 is 0.970 bits per heavy atom. The van der Waals surface area contributed by atoms with Crippen molar-refractivity contribution in [2.45, 2.75) is 40.3 Å². The molecule has 0 fully saturated rings. The predicted octanol–water partition coefficient (Wildman–Crippen LogP) is 4.81. The molecular formula is C26H27N5O2. The fourth-order valence-corrected chi connectivity index (χ4v) is 3.64. The molecule has 2 N–H and O–H groups in total. The molecule has 2 heterocycles. The lowest BCUT2D eigenvalue weighted by Gasteiger charge is -2.13. The monoisotopic (exact) mass is 441 g/mol. The number of amides is 2. The molecule has 0 aliphatic heterocycles. The van der Waals surface area contributed by atoms with Crippen LogP contribution in [0.1, 0.15) is 57.4 Å². The van der Waals surface area contributed by atoms with Crippen molar-refractivity contribution in [3.05, 3.63) is 88.7 Å². The Labute approximate surface area is 192 Å². The smallest absolute Gasteiger partial charge is 0.257 e. The fourth-order valence-electron chi connectivity index (χ4n) is 3.64. The Morgan fingerprint density at radius 2 is 1.70 bits per heavy atom. The normalized spacial score (nSPS) is 11.1. The third-order valence-corrected chi connectivity index (χ3v) is 5.49. The van der Waals surface area contributed by atoms with Gasteiger partial charge in [0.25, 0.3) is 11.8 Å². The van der Waals surface area contributed by atoms with Gasteiger partial charge in [0, 0.05) is 18.0 Å². The van der Waals surface area contributed by atoms with E-state index in [1.165, 1.54) is 0 Å². The second-order valence-corrected chi connectivity index (χ2v) is 8.39. The molecule has 0 aliphatic carbocycles. The minimum absolute atomic E-state index is 0.166. The second kappa shape index (κ2) is 9.24. The molecule has 0 radical (unpaired) electrons. The van der Waals surface area contributed by atoms with E-state index in [2.05, 4.69) is 20.7 Å². The number of rotatable bonds is 6. The van der Waals surface area contributed by atoms with Crippen LogP contribution in [0.2, 0.25) is 0 Å². The first kappa shape index (κ1) is 22.2. The third-order valence-electron chi connectivity index (χ3n) is 5.49. The van der Waals surface area contributed by atoms with Crippen molar-refractivity contribution >= 4 is 28.5 Å². The molecule has 0 bridgehead atoms. The number of hydrogen-bond acceptors (Lipinski definition) is 4. The Balaban J connectivity index is 1.53. The van der Waals surface area contributed by atoms with Crippen LogP contribution in [0.5, 0.6) is 0 Å². The Hall–Kier alpha value is -4.00. The Kier molecular flexibility index (Phi) is 6.22. The Morgan fingerprint density at radius 3 is 2.42 bits per heavy atom. The van der Waals surface area contributed by atoms with Crippen molar-refractivity contribution in [2.24, 2.45) is 0 Å². The van der Waals surface area contributed by atoms with Crippen molar-refractivity contribution in [2.75, 3.05) is 5.32 Å². The molecule has 7 nitrogen and oxygen atoms in total. The van der Waals surface area contributed by atoms with E-state index in [4.69, 9.17) is 0 Å². The van der Waals surface area contributed by atoms with Crippen LogP contribution in [-0.4, -0.2) is 26.6 Å². The van der Waals surface area contributed by atoms with Gasteiger partial charge in [0.05, 0.1) is 28.7 Å². The van der Waals surface area contributed by atoms with Gasteiger partial charge < -0.3 is 10.6 Å². The summed E-state index contributed by atoms with van der Waals surface area (Å²) < 4.78 is 1.83. The summed E-state index contributed by atoms with van der Waals surface area (Å²) in [7, 11) is 0. The third kappa shape index (κ3) is 4.77. The standard InChI is InChI=1S/C26H27N5O2/c1-16(2)31-24-20(15-28-31)13-22(18(4)29-24)26(33)30-23-8-6-5-7-21(23)25(32)27-14-19-11-9-17(3)10-12-19/h5-13,15-16H,14H2,1-4H3,(H,27,32)(H,30,33). The molecule has 4 aromatic rings. The van der Waals surface area contributed by atoms with Gasteiger partial charge in [-0.05, 0) is 51.5 Å². The highest BCUT2D eigenvalue weighted by molar-refractivity contribution is 6.10. The van der Waals surface area contributed by atoms with Crippen LogP contribution >= 0.6 is 0 Å². The van der Waals surface area contributed by atoms with Crippen molar-refractivity contribution < 1.29 is 9.59 Å². The molecule has 0 saturated carbocycles. The highest BCUT2D eigenvalue weighted by Crippen LogP contribution is 2.22. The van der Waals surface area contributed by atoms with Gasteiger partial charge in [-0.3, -0.25) is 9.59 Å². The number of aryl methyl sites for hydroxylation is 2. The molecule has 0 unspecified atom stereocenters. The van der Waals surface area contributed by atoms with E-state index in [1.807, 2.05) is 49.7 Å². The number of aromatic nitrogens is 3. The zero-order valence-corrected chi connectivity index (χ0v) is 19.2. The largest absolute Gasteiger partial charge is 0.348 e. The lowest BCUT2D eigenvalue weighted by atomic mass is 10.1. The lowest BCUT2D eigenvalue weighted by molar-refractivity contribution is 0.0952. The minimum Gasteiger partial charge on any atom is -0.348 e. The molecule has 2 aromatic heterocycles. The number of nitrogens with one attached hydrogen (secondary N) is 2. The van der Waals surface area contributed by atoms with E-state index in [0.29, 0.717) is 29.1 Å². The summed E-state index contributed by atoms with van der Waals surface area (Å²) in [4.78, 5) is 30.5. The molecule has 2 amide bonds. The quantitative estimate of drug-likeness (QED) is 0.449. The molecule has 0 atom stereocenters. The summed E-state index contributed by atoms with van der Waals surface area (Å²) in [6, 6.07) is 16.9. The van der Waals surface area contributed by atoms with Gasteiger partial charge in [-0.15, -0.1) is 0 Å². The number of fused-ring (bicyclic) bond motifs is 1. The van der Waals surface area contributed by atoms with E-state index >= 15 is 0 Å². The second-order valence-electron chi connectivity index (χ2n) is 8.39. The first-order valence-electron chi connectivity index (χ1n) is 10.9. The summed E-state index contributed by atoms with van der Waals surface area (Å²) in [6.07, 6.45) is 1.71. The first-order chi connectivity index (χ1) is 15.8. The molecule has 2 aromatic carbocycles. The molecule has 33 heavy (non-hydrogen) atoms. The number of carbonyl (C=O) groups excluding carboxylic acids is 2. The van der Waals surface area contributed by atoms with Gasteiger partial charge in [0.1, 0.15) is 0 Å². The maximum Gasteiger partial charge on any atom is 0.257 e. The van der Waals surface area contributed by atoms with Gasteiger partial charge >= 0.3 is 0 Å². The molecule has 0 saturated heterocycles. The Bertz CT molecular complexity index is 1320. The molecule has 4 rings (SSSR count). The van der Waals surface area contributed by atoms with Crippen LogP contribution < -0.4 is 10.6 Å². The summed E-state index contributed by atoms with van der Waals surface area (Å²) in [5, 5.41) is 11.0. The van der Waals surface area contributed by atoms with Crippen LogP contribution in [0.25, 0.3) is 11.0 Å². The van der Waals surface area contributed by atoms with E-state index in [9.17, 15) is 9.59 Å². The number of anilines is 1. The summed E-state index contributed by atoms with van der Waals surface area (Å²) >= 11 is 0. The number of benzene rings is 2. The molecule has 7 heteroatoms. The summed E-state index contributed by atoms with van der Waals surface area (Å²) in [5.74, 6) is -0.576. The van der Waals surface area contributed by atoms with Gasteiger partial charge in [-0.1, -0.05) is 42.0 Å². The van der Waals surface area contributed by atoms with Gasteiger partial charge in [0.15, 0.2) is 5.65 Å². The number of hydrogen-bond donors (Lipinski definition) is 2. The van der Waals surface area contributed by atoms with E-state index < -0.39 is 0 Å². The number of carbonyl (C=O) groups is 2. The van der Waals surface area contributed by atoms with E-state index in [0.717, 1.165) is 22.2 Å². The lowest BCUT2D eigenvalue weighted by Crippen LogP contribution is -2.25. The van der Waals surface area contributed by atoms with Crippen molar-refractivity contribution in [3.63, 3.8) is 0 Å². The topological polar surface area (TPSA) is 88.9 Å². The summed E-state index contributed by atoms with van der Waals surface area (Å²) in [6.45, 7) is 8.29. The zero-order valence-electron chi connectivity index (χ0n) is 19.2.